The zero-order valence-electron chi connectivity index (χ0n) is 12.3. The molecule has 2 saturated carbocycles. The fraction of sp³-hybridized carbons (Fsp3) is 1.00. The second kappa shape index (κ2) is 5.30. The van der Waals surface area contributed by atoms with Crippen molar-refractivity contribution in [1.29, 1.82) is 0 Å². The molecular formula is C16H31N. The third kappa shape index (κ3) is 3.71. The van der Waals surface area contributed by atoms with Crippen LogP contribution in [0, 0.1) is 17.3 Å². The van der Waals surface area contributed by atoms with Crippen molar-refractivity contribution in [3.8, 4) is 0 Å². The largest absolute Gasteiger partial charge is 0.311 e. The lowest BCUT2D eigenvalue weighted by molar-refractivity contribution is 0.139. The molecule has 2 aliphatic carbocycles. The lowest BCUT2D eigenvalue weighted by Gasteiger charge is -2.41. The van der Waals surface area contributed by atoms with Gasteiger partial charge in [0.15, 0.2) is 0 Å². The topological polar surface area (TPSA) is 12.0 Å². The van der Waals surface area contributed by atoms with Gasteiger partial charge >= 0.3 is 0 Å². The molecule has 0 aromatic rings. The molecule has 1 N–H and O–H groups in total. The average molecular weight is 237 g/mol. The minimum atomic E-state index is 0.546. The Morgan fingerprint density at radius 2 is 1.76 bits per heavy atom. The zero-order valence-corrected chi connectivity index (χ0v) is 12.3. The summed E-state index contributed by atoms with van der Waals surface area (Å²) in [7, 11) is 0. The lowest BCUT2D eigenvalue weighted by atomic mass is 9.70. The van der Waals surface area contributed by atoms with E-state index >= 15 is 0 Å². The smallest absolute Gasteiger partial charge is 0.00772 e. The number of hydrogen-bond acceptors (Lipinski definition) is 1. The van der Waals surface area contributed by atoms with Crippen LogP contribution in [-0.4, -0.2) is 12.1 Å². The quantitative estimate of drug-likeness (QED) is 0.768. The summed E-state index contributed by atoms with van der Waals surface area (Å²) in [5.74, 6) is 1.85. The second-order valence-corrected chi connectivity index (χ2v) is 7.61. The van der Waals surface area contributed by atoms with E-state index in [1.807, 2.05) is 0 Å². The van der Waals surface area contributed by atoms with E-state index in [1.54, 1.807) is 0 Å². The van der Waals surface area contributed by atoms with E-state index in [-0.39, 0.29) is 0 Å². The van der Waals surface area contributed by atoms with Crippen LogP contribution in [-0.2, 0) is 0 Å². The third-order valence-corrected chi connectivity index (χ3v) is 4.99. The van der Waals surface area contributed by atoms with E-state index in [0.717, 1.165) is 23.9 Å². The number of hydrogen-bond donors (Lipinski definition) is 1. The maximum absolute atomic E-state index is 3.95. The first kappa shape index (κ1) is 13.4. The molecule has 2 aliphatic rings. The highest BCUT2D eigenvalue weighted by Crippen LogP contribution is 2.39. The van der Waals surface area contributed by atoms with Crippen LogP contribution in [0.4, 0.5) is 0 Å². The van der Waals surface area contributed by atoms with Gasteiger partial charge < -0.3 is 5.32 Å². The Kier molecular flexibility index (Phi) is 4.18. The van der Waals surface area contributed by atoms with Crippen molar-refractivity contribution in [3.63, 3.8) is 0 Å². The van der Waals surface area contributed by atoms with Gasteiger partial charge in [-0.25, -0.2) is 0 Å². The summed E-state index contributed by atoms with van der Waals surface area (Å²) in [5.41, 5.74) is 0.546. The molecule has 0 aromatic heterocycles. The molecule has 0 saturated heterocycles. The normalized spacial score (nSPS) is 36.0. The summed E-state index contributed by atoms with van der Waals surface area (Å²) >= 11 is 0. The minimum Gasteiger partial charge on any atom is -0.311 e. The highest BCUT2D eigenvalue weighted by atomic mass is 15.0. The molecule has 0 spiro atoms. The Balaban J connectivity index is 1.85. The lowest BCUT2D eigenvalue weighted by Crippen LogP contribution is -2.46. The summed E-state index contributed by atoms with van der Waals surface area (Å²) in [6, 6.07) is 1.51. The highest BCUT2D eigenvalue weighted by molar-refractivity contribution is 4.89. The Morgan fingerprint density at radius 1 is 1.12 bits per heavy atom. The molecule has 0 aliphatic heterocycles. The van der Waals surface area contributed by atoms with E-state index < -0.39 is 0 Å². The molecule has 0 amide bonds. The number of nitrogens with one attached hydrogen (secondary N) is 1. The van der Waals surface area contributed by atoms with E-state index in [1.165, 1.54) is 44.9 Å². The Bertz CT molecular complexity index is 240. The van der Waals surface area contributed by atoms with Crippen LogP contribution >= 0.6 is 0 Å². The van der Waals surface area contributed by atoms with Crippen molar-refractivity contribution in [3.05, 3.63) is 0 Å². The monoisotopic (exact) mass is 237 g/mol. The van der Waals surface area contributed by atoms with Crippen LogP contribution in [0.3, 0.4) is 0 Å². The molecule has 0 radical (unpaired) electrons. The molecule has 2 fully saturated rings. The van der Waals surface area contributed by atoms with Gasteiger partial charge in [-0.05, 0) is 56.3 Å². The Morgan fingerprint density at radius 3 is 2.35 bits per heavy atom. The van der Waals surface area contributed by atoms with Crippen molar-refractivity contribution in [2.75, 3.05) is 0 Å². The molecule has 0 aromatic carbocycles. The van der Waals surface area contributed by atoms with E-state index in [2.05, 4.69) is 33.0 Å². The predicted molar refractivity (Wildman–Crippen MR) is 75.1 cm³/mol. The van der Waals surface area contributed by atoms with Crippen molar-refractivity contribution in [2.24, 2.45) is 17.3 Å². The van der Waals surface area contributed by atoms with Gasteiger partial charge in [-0.15, -0.1) is 0 Å². The van der Waals surface area contributed by atoms with Gasteiger partial charge in [0.2, 0.25) is 0 Å². The fourth-order valence-electron chi connectivity index (χ4n) is 4.44. The van der Waals surface area contributed by atoms with Crippen molar-refractivity contribution in [1.82, 2.24) is 5.32 Å². The first-order valence-electron chi connectivity index (χ1n) is 7.72. The molecule has 0 heterocycles. The molecule has 2 unspecified atom stereocenters. The summed E-state index contributed by atoms with van der Waals surface area (Å²) < 4.78 is 0. The van der Waals surface area contributed by atoms with E-state index in [0.29, 0.717) is 5.41 Å². The molecule has 0 bridgehead atoms. The molecule has 2 rings (SSSR count). The van der Waals surface area contributed by atoms with Gasteiger partial charge in [0.25, 0.3) is 0 Å². The van der Waals surface area contributed by atoms with Gasteiger partial charge in [-0.2, -0.15) is 0 Å². The second-order valence-electron chi connectivity index (χ2n) is 7.61. The molecular weight excluding hydrogens is 206 g/mol. The molecule has 17 heavy (non-hydrogen) atoms. The van der Waals surface area contributed by atoms with Crippen LogP contribution in [0.25, 0.3) is 0 Å². The van der Waals surface area contributed by atoms with Crippen LogP contribution < -0.4 is 5.32 Å². The molecule has 1 heteroatoms. The Labute approximate surface area is 108 Å². The van der Waals surface area contributed by atoms with E-state index in [4.69, 9.17) is 0 Å². The molecule has 3 atom stereocenters. The fourth-order valence-corrected chi connectivity index (χ4v) is 4.44. The van der Waals surface area contributed by atoms with Gasteiger partial charge in [0.05, 0.1) is 0 Å². The van der Waals surface area contributed by atoms with Crippen LogP contribution in [0.2, 0.25) is 0 Å². The SMILES string of the molecule is CC1CC(N[C@@H](C)C2CCCC2)CC(C)(C)C1. The standard InChI is InChI=1S/C16H31N/c1-12-9-15(11-16(3,4)10-12)17-13(2)14-7-5-6-8-14/h12-15,17H,5-11H2,1-4H3/t12?,13-,15?/m0/s1. The van der Waals surface area contributed by atoms with Gasteiger partial charge in [0, 0.05) is 12.1 Å². The predicted octanol–water partition coefficient (Wildman–Crippen LogP) is 4.37. The van der Waals surface area contributed by atoms with Gasteiger partial charge in [-0.1, -0.05) is 33.6 Å². The summed E-state index contributed by atoms with van der Waals surface area (Å²) in [6.45, 7) is 9.73. The maximum Gasteiger partial charge on any atom is 0.00772 e. The highest BCUT2D eigenvalue weighted by Gasteiger charge is 2.33. The molecule has 1 nitrogen and oxygen atoms in total. The van der Waals surface area contributed by atoms with Crippen LogP contribution in [0.5, 0.6) is 0 Å². The van der Waals surface area contributed by atoms with Crippen LogP contribution in [0.1, 0.15) is 72.6 Å². The van der Waals surface area contributed by atoms with Crippen molar-refractivity contribution in [2.45, 2.75) is 84.7 Å². The van der Waals surface area contributed by atoms with Gasteiger partial charge in [-0.3, -0.25) is 0 Å². The maximum atomic E-state index is 3.95. The summed E-state index contributed by atoms with van der Waals surface area (Å²) in [4.78, 5) is 0. The summed E-state index contributed by atoms with van der Waals surface area (Å²) in [5, 5.41) is 3.95. The van der Waals surface area contributed by atoms with E-state index in [9.17, 15) is 0 Å². The van der Waals surface area contributed by atoms with Crippen LogP contribution in [0.15, 0.2) is 0 Å². The average Bonchev–Trinajstić information content (AvgIpc) is 2.65. The first-order chi connectivity index (χ1) is 7.96. The Hall–Kier alpha value is -0.0400. The third-order valence-electron chi connectivity index (χ3n) is 4.99. The minimum absolute atomic E-state index is 0.546. The number of rotatable bonds is 3. The van der Waals surface area contributed by atoms with Crippen molar-refractivity contribution >= 4 is 0 Å². The summed E-state index contributed by atoms with van der Waals surface area (Å²) in [6.07, 6.45) is 10.0. The molecule has 100 valence electrons. The zero-order chi connectivity index (χ0) is 12.5. The van der Waals surface area contributed by atoms with Crippen molar-refractivity contribution < 1.29 is 0 Å². The van der Waals surface area contributed by atoms with Gasteiger partial charge in [0.1, 0.15) is 0 Å². The first-order valence-corrected chi connectivity index (χ1v) is 7.72.